The van der Waals surface area contributed by atoms with Crippen LogP contribution in [0, 0.1) is 0 Å². The SMILES string of the molecule is Cn1c(C2CCCC2)nn2cc(CCC(=O)O)nc12. The maximum Gasteiger partial charge on any atom is 0.303 e. The average Bonchev–Trinajstić information content (AvgIpc) is 3.05. The van der Waals surface area contributed by atoms with Crippen molar-refractivity contribution in [3.63, 3.8) is 0 Å². The zero-order valence-electron chi connectivity index (χ0n) is 11.0. The maximum atomic E-state index is 10.6. The van der Waals surface area contributed by atoms with Gasteiger partial charge < -0.3 is 5.11 Å². The summed E-state index contributed by atoms with van der Waals surface area (Å²) in [7, 11) is 1.99. The number of imidazole rings is 1. The van der Waals surface area contributed by atoms with Crippen LogP contribution in [0.3, 0.4) is 0 Å². The Hall–Kier alpha value is -1.85. The van der Waals surface area contributed by atoms with Gasteiger partial charge >= 0.3 is 5.97 Å². The van der Waals surface area contributed by atoms with Crippen LogP contribution in [0.5, 0.6) is 0 Å². The largest absolute Gasteiger partial charge is 0.481 e. The Morgan fingerprint density at radius 2 is 2.21 bits per heavy atom. The van der Waals surface area contributed by atoms with Crippen LogP contribution in [0.15, 0.2) is 6.20 Å². The number of aliphatic carboxylic acids is 1. The lowest BCUT2D eigenvalue weighted by atomic mass is 10.1. The Kier molecular flexibility index (Phi) is 3.00. The third-order valence-electron chi connectivity index (χ3n) is 3.89. The molecule has 0 bridgehead atoms. The van der Waals surface area contributed by atoms with Gasteiger partial charge in [-0.15, -0.1) is 0 Å². The van der Waals surface area contributed by atoms with Gasteiger partial charge in [-0.1, -0.05) is 12.8 Å². The summed E-state index contributed by atoms with van der Waals surface area (Å²) in [5.41, 5.74) is 0.790. The molecule has 102 valence electrons. The quantitative estimate of drug-likeness (QED) is 0.911. The number of aryl methyl sites for hydroxylation is 2. The zero-order chi connectivity index (χ0) is 13.4. The highest BCUT2D eigenvalue weighted by Gasteiger charge is 2.23. The van der Waals surface area contributed by atoms with E-state index < -0.39 is 5.97 Å². The van der Waals surface area contributed by atoms with Crippen molar-refractivity contribution in [3.05, 3.63) is 17.7 Å². The van der Waals surface area contributed by atoms with E-state index >= 15 is 0 Å². The van der Waals surface area contributed by atoms with Crippen LogP contribution in [0.1, 0.15) is 49.5 Å². The van der Waals surface area contributed by atoms with E-state index in [1.165, 1.54) is 25.7 Å². The van der Waals surface area contributed by atoms with Crippen molar-refractivity contribution in [1.29, 1.82) is 0 Å². The smallest absolute Gasteiger partial charge is 0.303 e. The lowest BCUT2D eigenvalue weighted by molar-refractivity contribution is -0.136. The van der Waals surface area contributed by atoms with Crippen LogP contribution in [-0.2, 0) is 18.3 Å². The molecule has 6 heteroatoms. The molecule has 19 heavy (non-hydrogen) atoms. The summed E-state index contributed by atoms with van der Waals surface area (Å²) in [6, 6.07) is 0. The monoisotopic (exact) mass is 262 g/mol. The highest BCUT2D eigenvalue weighted by atomic mass is 16.4. The second-order valence-electron chi connectivity index (χ2n) is 5.27. The predicted molar refractivity (Wildman–Crippen MR) is 69.1 cm³/mol. The third kappa shape index (κ3) is 2.22. The molecule has 2 aromatic rings. The molecule has 0 saturated heterocycles. The van der Waals surface area contributed by atoms with Gasteiger partial charge in [0.2, 0.25) is 5.78 Å². The minimum absolute atomic E-state index is 0.110. The summed E-state index contributed by atoms with van der Waals surface area (Å²) in [6.45, 7) is 0. The van der Waals surface area contributed by atoms with Gasteiger partial charge in [0, 0.05) is 19.4 Å². The first-order valence-electron chi connectivity index (χ1n) is 6.78. The van der Waals surface area contributed by atoms with Gasteiger partial charge in [-0.25, -0.2) is 9.50 Å². The van der Waals surface area contributed by atoms with Gasteiger partial charge in [0.25, 0.3) is 0 Å². The Morgan fingerprint density at radius 3 is 2.84 bits per heavy atom. The summed E-state index contributed by atoms with van der Waals surface area (Å²) in [4.78, 5) is 15.0. The van der Waals surface area contributed by atoms with E-state index in [-0.39, 0.29) is 6.42 Å². The highest BCUT2D eigenvalue weighted by Crippen LogP contribution is 2.33. The molecule has 0 spiro atoms. The summed E-state index contributed by atoms with van der Waals surface area (Å²) in [6.07, 6.45) is 7.39. The molecule has 1 aliphatic rings. The number of hydrogen-bond acceptors (Lipinski definition) is 3. The first kappa shape index (κ1) is 12.2. The molecule has 6 nitrogen and oxygen atoms in total. The van der Waals surface area contributed by atoms with Gasteiger partial charge in [0.1, 0.15) is 5.82 Å². The molecule has 0 aromatic carbocycles. The van der Waals surface area contributed by atoms with E-state index in [0.717, 1.165) is 17.3 Å². The zero-order valence-corrected chi connectivity index (χ0v) is 11.0. The molecule has 0 unspecified atom stereocenters. The van der Waals surface area contributed by atoms with Crippen LogP contribution in [0.2, 0.25) is 0 Å². The normalized spacial score (nSPS) is 16.5. The number of hydrogen-bond donors (Lipinski definition) is 1. The maximum absolute atomic E-state index is 10.6. The molecular weight excluding hydrogens is 244 g/mol. The Labute approximate surface area is 111 Å². The van der Waals surface area contributed by atoms with E-state index in [1.807, 2.05) is 17.8 Å². The summed E-state index contributed by atoms with van der Waals surface area (Å²) >= 11 is 0. The molecule has 1 fully saturated rings. The van der Waals surface area contributed by atoms with Gasteiger partial charge in [-0.2, -0.15) is 5.10 Å². The average molecular weight is 262 g/mol. The van der Waals surface area contributed by atoms with Crippen molar-refractivity contribution in [3.8, 4) is 0 Å². The minimum Gasteiger partial charge on any atom is -0.481 e. The Bertz CT molecular complexity index is 607. The molecule has 2 heterocycles. The molecule has 0 radical (unpaired) electrons. The van der Waals surface area contributed by atoms with Crippen LogP contribution >= 0.6 is 0 Å². The second kappa shape index (κ2) is 4.68. The fraction of sp³-hybridized carbons (Fsp3) is 0.615. The third-order valence-corrected chi connectivity index (χ3v) is 3.89. The topological polar surface area (TPSA) is 72.4 Å². The number of rotatable bonds is 4. The van der Waals surface area contributed by atoms with Crippen molar-refractivity contribution < 1.29 is 9.90 Å². The van der Waals surface area contributed by atoms with Crippen LogP contribution in [-0.4, -0.2) is 30.2 Å². The van der Waals surface area contributed by atoms with Crippen molar-refractivity contribution in [2.75, 3.05) is 0 Å². The van der Waals surface area contributed by atoms with Crippen LogP contribution in [0.4, 0.5) is 0 Å². The number of carboxylic acids is 1. The van der Waals surface area contributed by atoms with E-state index in [4.69, 9.17) is 5.11 Å². The van der Waals surface area contributed by atoms with Crippen molar-refractivity contribution in [2.45, 2.75) is 44.4 Å². The van der Waals surface area contributed by atoms with Crippen LogP contribution < -0.4 is 0 Å². The van der Waals surface area contributed by atoms with Crippen molar-refractivity contribution >= 4 is 11.7 Å². The second-order valence-corrected chi connectivity index (χ2v) is 5.27. The Morgan fingerprint density at radius 1 is 1.47 bits per heavy atom. The molecule has 1 N–H and O–H groups in total. The molecule has 1 saturated carbocycles. The number of nitrogens with zero attached hydrogens (tertiary/aromatic N) is 4. The van der Waals surface area contributed by atoms with E-state index in [1.54, 1.807) is 4.52 Å². The number of aromatic nitrogens is 4. The molecule has 0 aliphatic heterocycles. The summed E-state index contributed by atoms with van der Waals surface area (Å²) in [5.74, 6) is 1.66. The van der Waals surface area contributed by atoms with E-state index in [9.17, 15) is 4.79 Å². The first-order valence-corrected chi connectivity index (χ1v) is 6.78. The van der Waals surface area contributed by atoms with Crippen molar-refractivity contribution in [1.82, 2.24) is 19.2 Å². The molecule has 1 aliphatic carbocycles. The Balaban J connectivity index is 1.86. The van der Waals surface area contributed by atoms with E-state index in [0.29, 0.717) is 12.3 Å². The lowest BCUT2D eigenvalue weighted by Crippen LogP contribution is -2.04. The number of carboxylic acid groups (broad SMARTS) is 1. The number of fused-ring (bicyclic) bond motifs is 1. The molecule has 0 amide bonds. The predicted octanol–water partition coefficient (Wildman–Crippen LogP) is 1.74. The lowest BCUT2D eigenvalue weighted by Gasteiger charge is -2.06. The fourth-order valence-electron chi connectivity index (χ4n) is 2.88. The summed E-state index contributed by atoms with van der Waals surface area (Å²) < 4.78 is 3.82. The van der Waals surface area contributed by atoms with Gasteiger partial charge in [-0.05, 0) is 12.8 Å². The molecule has 3 rings (SSSR count). The summed E-state index contributed by atoms with van der Waals surface area (Å²) in [5, 5.41) is 13.3. The van der Waals surface area contributed by atoms with Gasteiger partial charge in [-0.3, -0.25) is 9.36 Å². The molecule has 0 atom stereocenters. The minimum atomic E-state index is -0.795. The standard InChI is InChI=1S/C13H18N4O2/c1-16-12(9-4-2-3-5-9)15-17-8-10(14-13(16)17)6-7-11(18)19/h8-9H,2-7H2,1H3,(H,18,19). The fourth-order valence-corrected chi connectivity index (χ4v) is 2.88. The molecular formula is C13H18N4O2. The first-order chi connectivity index (χ1) is 9.15. The molecule has 2 aromatic heterocycles. The van der Waals surface area contributed by atoms with Crippen LogP contribution in [0.25, 0.3) is 5.78 Å². The highest BCUT2D eigenvalue weighted by molar-refractivity contribution is 5.67. The number of carbonyl (C=O) groups is 1. The van der Waals surface area contributed by atoms with E-state index in [2.05, 4.69) is 10.1 Å². The van der Waals surface area contributed by atoms with Crippen molar-refractivity contribution in [2.24, 2.45) is 7.05 Å². The van der Waals surface area contributed by atoms with Gasteiger partial charge in [0.15, 0.2) is 0 Å². The van der Waals surface area contributed by atoms with Gasteiger partial charge in [0.05, 0.1) is 18.3 Å².